The maximum absolute atomic E-state index is 11.5. The Morgan fingerprint density at radius 2 is 1.44 bits per heavy atom. The van der Waals surface area contributed by atoms with Crippen LogP contribution in [0.3, 0.4) is 0 Å². The number of carbonyl (C=O) groups excluding carboxylic acids is 2. The molecule has 0 unspecified atom stereocenters. The Kier molecular flexibility index (Phi) is 8.18. The van der Waals surface area contributed by atoms with Crippen molar-refractivity contribution in [1.82, 2.24) is 0 Å². The molecule has 0 rings (SSSR count). The van der Waals surface area contributed by atoms with Gasteiger partial charge in [-0.1, -0.05) is 37.9 Å². The highest BCUT2D eigenvalue weighted by molar-refractivity contribution is 6.74. The van der Waals surface area contributed by atoms with Crippen LogP contribution in [0.15, 0.2) is 10.2 Å². The van der Waals surface area contributed by atoms with Crippen LogP contribution in [-0.2, 0) is 9.16 Å². The fraction of sp³-hybridized carbons (Fsp3) is 0.818. The van der Waals surface area contributed by atoms with Crippen molar-refractivity contribution in [3.63, 3.8) is 0 Å². The van der Waals surface area contributed by atoms with Crippen LogP contribution in [0.2, 0.25) is 18.1 Å². The van der Waals surface area contributed by atoms with Gasteiger partial charge >= 0.3 is 12.2 Å². The molecule has 0 saturated carbocycles. The average Bonchev–Trinajstić information content (AvgIpc) is 2.40. The summed E-state index contributed by atoms with van der Waals surface area (Å²) in [6.45, 7) is 8.13. The molecule has 0 aromatic heterocycles. The van der Waals surface area contributed by atoms with Crippen molar-refractivity contribution in [1.29, 1.82) is 0 Å². The fourth-order valence-corrected chi connectivity index (χ4v) is 3.82. The van der Waals surface area contributed by atoms with Crippen molar-refractivity contribution in [2.75, 3.05) is 6.61 Å². The molecule has 0 saturated heterocycles. The highest BCUT2D eigenvalue weighted by atomic mass is 28.4. The highest BCUT2D eigenvalue weighted by Gasteiger charge is 2.32. The highest BCUT2D eigenvalue weighted by Crippen LogP contribution is 2.22. The quantitative estimate of drug-likeness (QED) is 0.539. The van der Waals surface area contributed by atoms with E-state index in [9.17, 15) is 9.59 Å². The van der Waals surface area contributed by atoms with Gasteiger partial charge in [0.15, 0.2) is 0 Å². The van der Waals surface area contributed by atoms with E-state index < -0.39 is 20.5 Å². The number of hydrogen-bond acceptors (Lipinski definition) is 4. The lowest BCUT2D eigenvalue weighted by Gasteiger charge is -2.25. The molecule has 0 radical (unpaired) electrons. The molecule has 0 aromatic carbocycles. The molecular weight excluding hydrogens is 252 g/mol. The molecule has 0 bridgehead atoms. The summed E-state index contributed by atoms with van der Waals surface area (Å²) in [7, 11) is -2.03. The average molecular weight is 274 g/mol. The van der Waals surface area contributed by atoms with Gasteiger partial charge in [-0.3, -0.25) is 0 Å². The lowest BCUT2D eigenvalue weighted by molar-refractivity contribution is 0.154. The summed E-state index contributed by atoms with van der Waals surface area (Å²) in [6.07, 6.45) is -0.949. The number of ether oxygens (including phenoxy) is 1. The molecule has 0 aromatic rings. The molecular formula is C11H22N2O4Si. The number of carbonyl (C=O) groups is 2. The Bertz CT molecular complexity index is 295. The van der Waals surface area contributed by atoms with E-state index in [1.54, 1.807) is 0 Å². The van der Waals surface area contributed by atoms with E-state index in [1.807, 2.05) is 27.7 Å². The molecule has 0 aliphatic carbocycles. The SMILES string of the molecule is CCCOC(=O)/N=N/C(=O)O[Si](CC)(CC)CC. The van der Waals surface area contributed by atoms with E-state index in [0.29, 0.717) is 6.42 Å². The van der Waals surface area contributed by atoms with E-state index in [0.717, 1.165) is 18.1 Å². The summed E-state index contributed by atoms with van der Waals surface area (Å²) in [5, 5.41) is 6.39. The van der Waals surface area contributed by atoms with Crippen molar-refractivity contribution in [2.24, 2.45) is 10.2 Å². The third-order valence-corrected chi connectivity index (χ3v) is 7.35. The van der Waals surface area contributed by atoms with E-state index >= 15 is 0 Å². The van der Waals surface area contributed by atoms with Crippen molar-refractivity contribution in [3.05, 3.63) is 0 Å². The van der Waals surface area contributed by atoms with Gasteiger partial charge < -0.3 is 9.16 Å². The van der Waals surface area contributed by atoms with Crippen LogP contribution in [0.1, 0.15) is 34.1 Å². The lowest BCUT2D eigenvalue weighted by Crippen LogP contribution is -2.37. The number of azo groups is 1. The summed E-state index contributed by atoms with van der Waals surface area (Å²) in [6, 6.07) is 2.50. The number of nitrogens with zero attached hydrogens (tertiary/aromatic N) is 2. The van der Waals surface area contributed by atoms with E-state index in [2.05, 4.69) is 15.0 Å². The molecule has 0 spiro atoms. The third kappa shape index (κ3) is 5.90. The van der Waals surface area contributed by atoms with Gasteiger partial charge in [-0.25, -0.2) is 9.59 Å². The van der Waals surface area contributed by atoms with Crippen LogP contribution >= 0.6 is 0 Å². The minimum atomic E-state index is -2.03. The van der Waals surface area contributed by atoms with Gasteiger partial charge in [0.25, 0.3) is 8.32 Å². The van der Waals surface area contributed by atoms with Crippen molar-refractivity contribution in [3.8, 4) is 0 Å². The molecule has 6 nitrogen and oxygen atoms in total. The molecule has 2 amide bonds. The van der Waals surface area contributed by atoms with E-state index in [-0.39, 0.29) is 6.61 Å². The summed E-state index contributed by atoms with van der Waals surface area (Å²) in [5.74, 6) is 0. The van der Waals surface area contributed by atoms with Gasteiger partial charge in [0, 0.05) is 0 Å². The van der Waals surface area contributed by atoms with Crippen LogP contribution in [0.25, 0.3) is 0 Å². The van der Waals surface area contributed by atoms with Gasteiger partial charge in [-0.05, 0) is 24.6 Å². The largest absolute Gasteiger partial charge is 0.501 e. The number of rotatable bonds is 6. The second kappa shape index (κ2) is 8.79. The standard InChI is InChI=1S/C11H22N2O4Si/c1-5-9-16-10(14)12-13-11(15)17-18(6-2,7-3)8-4/h5-9H2,1-4H3/b13-12+. The molecule has 0 fully saturated rings. The Hall–Kier alpha value is -1.24. The summed E-state index contributed by atoms with van der Waals surface area (Å²) >= 11 is 0. The Balaban J connectivity index is 4.32. The topological polar surface area (TPSA) is 77.3 Å². The molecule has 0 N–H and O–H groups in total. The summed E-state index contributed by atoms with van der Waals surface area (Å²) in [4.78, 5) is 22.5. The van der Waals surface area contributed by atoms with Crippen LogP contribution < -0.4 is 0 Å². The minimum absolute atomic E-state index is 0.268. The van der Waals surface area contributed by atoms with Crippen LogP contribution in [0.5, 0.6) is 0 Å². The fourth-order valence-electron chi connectivity index (χ4n) is 1.47. The van der Waals surface area contributed by atoms with Crippen LogP contribution in [0.4, 0.5) is 9.59 Å². The van der Waals surface area contributed by atoms with Crippen molar-refractivity contribution in [2.45, 2.75) is 52.2 Å². The monoisotopic (exact) mass is 274 g/mol. The van der Waals surface area contributed by atoms with E-state index in [1.165, 1.54) is 0 Å². The number of hydrogen-bond donors (Lipinski definition) is 0. The van der Waals surface area contributed by atoms with Gasteiger partial charge in [-0.2, -0.15) is 0 Å². The third-order valence-electron chi connectivity index (χ3n) is 2.88. The summed E-state index contributed by atoms with van der Waals surface area (Å²) in [5.41, 5.74) is 0. The maximum Gasteiger partial charge on any atom is 0.452 e. The first-order valence-electron chi connectivity index (χ1n) is 6.35. The first-order valence-corrected chi connectivity index (χ1v) is 8.88. The molecule has 104 valence electrons. The normalized spacial score (nSPS) is 11.6. The van der Waals surface area contributed by atoms with Crippen molar-refractivity contribution >= 4 is 20.5 Å². The smallest absolute Gasteiger partial charge is 0.452 e. The zero-order chi connectivity index (χ0) is 14.0. The second-order valence-corrected chi connectivity index (χ2v) is 8.62. The zero-order valence-corrected chi connectivity index (χ0v) is 12.6. The predicted molar refractivity (Wildman–Crippen MR) is 70.2 cm³/mol. The van der Waals surface area contributed by atoms with Gasteiger partial charge in [0.1, 0.15) is 0 Å². The van der Waals surface area contributed by atoms with E-state index in [4.69, 9.17) is 4.43 Å². The number of amides is 2. The van der Waals surface area contributed by atoms with Crippen LogP contribution in [0, 0.1) is 0 Å². The molecule has 0 atom stereocenters. The van der Waals surface area contributed by atoms with Gasteiger partial charge in [-0.15, -0.1) is 0 Å². The first-order chi connectivity index (χ1) is 8.53. The summed E-state index contributed by atoms with van der Waals surface area (Å²) < 4.78 is 10.0. The molecule has 0 aliphatic rings. The van der Waals surface area contributed by atoms with Crippen LogP contribution in [-0.4, -0.2) is 27.1 Å². The van der Waals surface area contributed by atoms with Gasteiger partial charge in [0.05, 0.1) is 6.61 Å². The minimum Gasteiger partial charge on any atom is -0.501 e. The molecule has 7 heteroatoms. The molecule has 0 aliphatic heterocycles. The Morgan fingerprint density at radius 3 is 1.89 bits per heavy atom. The maximum atomic E-state index is 11.5. The zero-order valence-electron chi connectivity index (χ0n) is 11.6. The Labute approximate surface area is 109 Å². The van der Waals surface area contributed by atoms with Crippen molar-refractivity contribution < 1.29 is 18.8 Å². The van der Waals surface area contributed by atoms with Gasteiger partial charge in [0.2, 0.25) is 0 Å². The second-order valence-electron chi connectivity index (χ2n) is 3.93. The Morgan fingerprint density at radius 1 is 0.944 bits per heavy atom. The molecule has 0 heterocycles. The molecule has 18 heavy (non-hydrogen) atoms. The first kappa shape index (κ1) is 16.8. The lowest BCUT2D eigenvalue weighted by atomic mass is 10.5. The predicted octanol–water partition coefficient (Wildman–Crippen LogP) is 4.13.